The first-order chi connectivity index (χ1) is 7.92. The predicted molar refractivity (Wildman–Crippen MR) is 60.6 cm³/mol. The minimum atomic E-state index is -1.92. The number of aliphatic carboxylic acids is 1. The standard InChI is InChI=1S/C10H19N3O4/c1-10(17,9(15)16)7-12-8(14)6-13-4-2-11-3-5-13/h11,17H,2-7H2,1H3,(H,12,14)(H,15,16). The molecule has 7 heteroatoms. The quantitative estimate of drug-likeness (QED) is 0.440. The van der Waals surface area contributed by atoms with E-state index in [-0.39, 0.29) is 19.0 Å². The average Bonchev–Trinajstić information content (AvgIpc) is 2.28. The summed E-state index contributed by atoms with van der Waals surface area (Å²) < 4.78 is 0. The van der Waals surface area contributed by atoms with E-state index in [1.807, 2.05) is 4.90 Å². The Morgan fingerprint density at radius 2 is 2.00 bits per heavy atom. The first-order valence-electron chi connectivity index (χ1n) is 5.57. The fraction of sp³-hybridized carbons (Fsp3) is 0.800. The van der Waals surface area contributed by atoms with E-state index in [1.165, 1.54) is 0 Å². The molecule has 0 aromatic heterocycles. The molecule has 0 aromatic carbocycles. The van der Waals surface area contributed by atoms with Crippen LogP contribution in [0.15, 0.2) is 0 Å². The van der Waals surface area contributed by atoms with Gasteiger partial charge in [0, 0.05) is 26.2 Å². The number of piperazine rings is 1. The third-order valence-electron chi connectivity index (χ3n) is 2.67. The zero-order valence-corrected chi connectivity index (χ0v) is 9.90. The van der Waals surface area contributed by atoms with Crippen molar-refractivity contribution in [3.8, 4) is 0 Å². The molecule has 98 valence electrons. The van der Waals surface area contributed by atoms with Gasteiger partial charge in [-0.15, -0.1) is 0 Å². The molecule has 1 amide bonds. The number of nitrogens with one attached hydrogen (secondary N) is 2. The Morgan fingerprint density at radius 1 is 1.41 bits per heavy atom. The topological polar surface area (TPSA) is 102 Å². The third-order valence-corrected chi connectivity index (χ3v) is 2.67. The molecule has 7 nitrogen and oxygen atoms in total. The van der Waals surface area contributed by atoms with E-state index in [2.05, 4.69) is 10.6 Å². The lowest BCUT2D eigenvalue weighted by atomic mass is 10.1. The summed E-state index contributed by atoms with van der Waals surface area (Å²) in [6, 6.07) is 0. The smallest absolute Gasteiger partial charge is 0.337 e. The molecule has 1 unspecified atom stereocenters. The molecule has 0 spiro atoms. The summed E-state index contributed by atoms with van der Waals surface area (Å²) in [6.07, 6.45) is 0. The number of hydrogen-bond donors (Lipinski definition) is 4. The van der Waals surface area contributed by atoms with Gasteiger partial charge in [0.2, 0.25) is 5.91 Å². The van der Waals surface area contributed by atoms with Crippen LogP contribution < -0.4 is 10.6 Å². The van der Waals surface area contributed by atoms with Gasteiger partial charge in [-0.05, 0) is 6.92 Å². The van der Waals surface area contributed by atoms with Gasteiger partial charge in [0.25, 0.3) is 0 Å². The van der Waals surface area contributed by atoms with Crippen molar-refractivity contribution in [3.63, 3.8) is 0 Å². The number of rotatable bonds is 5. The Morgan fingerprint density at radius 3 is 2.53 bits per heavy atom. The number of carboxylic acid groups (broad SMARTS) is 1. The normalized spacial score (nSPS) is 20.6. The number of carboxylic acids is 1. The van der Waals surface area contributed by atoms with Crippen LogP contribution in [0.2, 0.25) is 0 Å². The van der Waals surface area contributed by atoms with Gasteiger partial charge in [0.05, 0.1) is 13.1 Å². The van der Waals surface area contributed by atoms with Crippen LogP contribution in [-0.4, -0.2) is 71.9 Å². The van der Waals surface area contributed by atoms with Gasteiger partial charge in [-0.3, -0.25) is 9.69 Å². The maximum absolute atomic E-state index is 11.5. The number of amides is 1. The van der Waals surface area contributed by atoms with Gasteiger partial charge < -0.3 is 20.8 Å². The molecule has 1 aliphatic heterocycles. The summed E-state index contributed by atoms with van der Waals surface area (Å²) in [4.78, 5) is 24.1. The van der Waals surface area contributed by atoms with E-state index in [1.54, 1.807) is 0 Å². The lowest BCUT2D eigenvalue weighted by Crippen LogP contribution is -2.51. The van der Waals surface area contributed by atoms with Gasteiger partial charge in [-0.1, -0.05) is 0 Å². The number of carbonyl (C=O) groups is 2. The fourth-order valence-electron chi connectivity index (χ4n) is 1.47. The fourth-order valence-corrected chi connectivity index (χ4v) is 1.47. The molecule has 0 aromatic rings. The van der Waals surface area contributed by atoms with E-state index >= 15 is 0 Å². The lowest BCUT2D eigenvalue weighted by molar-refractivity contribution is -0.156. The summed E-state index contributed by atoms with van der Waals surface area (Å²) in [6.45, 7) is 4.39. The highest BCUT2D eigenvalue weighted by atomic mass is 16.4. The molecule has 1 fully saturated rings. The van der Waals surface area contributed by atoms with E-state index in [4.69, 9.17) is 5.11 Å². The predicted octanol–water partition coefficient (Wildman–Crippen LogP) is -2.16. The third kappa shape index (κ3) is 4.68. The highest BCUT2D eigenvalue weighted by Gasteiger charge is 2.30. The van der Waals surface area contributed by atoms with Gasteiger partial charge in [-0.25, -0.2) is 4.79 Å². The largest absolute Gasteiger partial charge is 0.479 e. The number of carbonyl (C=O) groups excluding carboxylic acids is 1. The molecule has 0 aliphatic carbocycles. The number of hydrogen-bond acceptors (Lipinski definition) is 5. The van der Waals surface area contributed by atoms with Crippen LogP contribution in [0.1, 0.15) is 6.92 Å². The van der Waals surface area contributed by atoms with E-state index in [0.717, 1.165) is 33.1 Å². The Hall–Kier alpha value is -1.18. The molecule has 1 saturated heterocycles. The van der Waals surface area contributed by atoms with Crippen molar-refractivity contribution in [2.24, 2.45) is 0 Å². The highest BCUT2D eigenvalue weighted by Crippen LogP contribution is 2.00. The molecule has 1 aliphatic rings. The molecular weight excluding hydrogens is 226 g/mol. The van der Waals surface area contributed by atoms with Gasteiger partial charge in [-0.2, -0.15) is 0 Å². The van der Waals surface area contributed by atoms with Gasteiger partial charge in [0.1, 0.15) is 0 Å². The maximum atomic E-state index is 11.5. The second-order valence-electron chi connectivity index (χ2n) is 4.38. The molecule has 0 saturated carbocycles. The Kier molecular flexibility index (Phi) is 4.86. The minimum absolute atomic E-state index is 0.234. The van der Waals surface area contributed by atoms with Crippen molar-refractivity contribution in [1.29, 1.82) is 0 Å². The van der Waals surface area contributed by atoms with Crippen LogP contribution >= 0.6 is 0 Å². The van der Waals surface area contributed by atoms with E-state index in [9.17, 15) is 14.7 Å². The van der Waals surface area contributed by atoms with Crippen molar-refractivity contribution in [2.75, 3.05) is 39.3 Å². The second-order valence-corrected chi connectivity index (χ2v) is 4.38. The summed E-state index contributed by atoms with van der Waals surface area (Å²) in [5.41, 5.74) is -1.92. The molecule has 1 heterocycles. The van der Waals surface area contributed by atoms with Crippen LogP contribution in [0.3, 0.4) is 0 Å². The first-order valence-corrected chi connectivity index (χ1v) is 5.57. The van der Waals surface area contributed by atoms with Crippen LogP contribution in [0, 0.1) is 0 Å². The highest BCUT2D eigenvalue weighted by molar-refractivity contribution is 5.81. The Bertz CT molecular complexity index is 287. The maximum Gasteiger partial charge on any atom is 0.337 e. The van der Waals surface area contributed by atoms with Crippen molar-refractivity contribution >= 4 is 11.9 Å². The lowest BCUT2D eigenvalue weighted by Gasteiger charge is -2.27. The van der Waals surface area contributed by atoms with Crippen LogP contribution in [-0.2, 0) is 9.59 Å². The zero-order chi connectivity index (χ0) is 12.9. The summed E-state index contributed by atoms with van der Waals surface area (Å²) in [5, 5.41) is 23.7. The van der Waals surface area contributed by atoms with Crippen molar-refractivity contribution in [2.45, 2.75) is 12.5 Å². The molecule has 4 N–H and O–H groups in total. The minimum Gasteiger partial charge on any atom is -0.479 e. The molecular formula is C10H19N3O4. The molecule has 0 bridgehead atoms. The van der Waals surface area contributed by atoms with Crippen LogP contribution in [0.25, 0.3) is 0 Å². The van der Waals surface area contributed by atoms with Crippen molar-refractivity contribution < 1.29 is 19.8 Å². The molecule has 1 atom stereocenters. The summed E-state index contributed by atoms with van der Waals surface area (Å²) in [5.74, 6) is -1.62. The summed E-state index contributed by atoms with van der Waals surface area (Å²) >= 11 is 0. The van der Waals surface area contributed by atoms with E-state index in [0.29, 0.717) is 0 Å². The van der Waals surface area contributed by atoms with Crippen LogP contribution in [0.5, 0.6) is 0 Å². The van der Waals surface area contributed by atoms with Crippen molar-refractivity contribution in [1.82, 2.24) is 15.5 Å². The Labute approximate surface area is 99.8 Å². The zero-order valence-electron chi connectivity index (χ0n) is 9.90. The average molecular weight is 245 g/mol. The van der Waals surface area contributed by atoms with Gasteiger partial charge >= 0.3 is 5.97 Å². The monoisotopic (exact) mass is 245 g/mol. The summed E-state index contributed by atoms with van der Waals surface area (Å²) in [7, 11) is 0. The van der Waals surface area contributed by atoms with Crippen molar-refractivity contribution in [3.05, 3.63) is 0 Å². The molecule has 0 radical (unpaired) electrons. The first kappa shape index (κ1) is 13.9. The molecule has 1 rings (SSSR count). The number of aliphatic hydroxyl groups is 1. The molecule has 17 heavy (non-hydrogen) atoms. The SMILES string of the molecule is CC(O)(CNC(=O)CN1CCNCC1)C(=O)O. The Balaban J connectivity index is 2.27. The van der Waals surface area contributed by atoms with E-state index < -0.39 is 11.6 Å². The number of nitrogens with zero attached hydrogens (tertiary/aromatic N) is 1. The second kappa shape index (κ2) is 5.95. The van der Waals surface area contributed by atoms with Crippen LogP contribution in [0.4, 0.5) is 0 Å². The van der Waals surface area contributed by atoms with Gasteiger partial charge in [0.15, 0.2) is 5.60 Å².